The molecule has 1 atom stereocenters. The molecule has 2 fully saturated rings. The van der Waals surface area contributed by atoms with E-state index in [-0.39, 0.29) is 17.9 Å². The van der Waals surface area contributed by atoms with Gasteiger partial charge in [0.25, 0.3) is 0 Å². The fraction of sp³-hybridized carbons (Fsp3) is 0.600. The monoisotopic (exact) mass is 374 g/mol. The number of carbonyl (C=O) groups excluding carboxylic acids is 2. The number of hydrogen-bond donors (Lipinski definition) is 3. The molecule has 0 aromatic heterocycles. The quantitative estimate of drug-likeness (QED) is 0.706. The number of likely N-dealkylation sites (tertiary alicyclic amines) is 1. The maximum atomic E-state index is 12.4. The van der Waals surface area contributed by atoms with Crippen molar-refractivity contribution in [3.8, 4) is 0 Å². The number of amides is 2. The molecule has 2 aliphatic rings. The second kappa shape index (κ2) is 9.82. The van der Waals surface area contributed by atoms with Crippen LogP contribution in [0, 0.1) is 6.92 Å². The Morgan fingerprint density at radius 2 is 2.00 bits per heavy atom. The van der Waals surface area contributed by atoms with Crippen LogP contribution in [0.4, 0.5) is 11.4 Å². The van der Waals surface area contributed by atoms with Crippen LogP contribution >= 0.6 is 0 Å². The minimum absolute atomic E-state index is 0.00738. The van der Waals surface area contributed by atoms with Gasteiger partial charge in [-0.05, 0) is 50.6 Å². The molecule has 3 rings (SSSR count). The Labute approximate surface area is 160 Å². The number of morpholine rings is 1. The second-order valence-corrected chi connectivity index (χ2v) is 7.39. The summed E-state index contributed by atoms with van der Waals surface area (Å²) in [6, 6.07) is 5.64. The van der Waals surface area contributed by atoms with Gasteiger partial charge in [-0.2, -0.15) is 0 Å². The van der Waals surface area contributed by atoms with E-state index in [9.17, 15) is 9.59 Å². The highest BCUT2D eigenvalue weighted by atomic mass is 16.5. The van der Waals surface area contributed by atoms with Crippen LogP contribution in [0.25, 0.3) is 0 Å². The average Bonchev–Trinajstić information content (AvgIpc) is 2.66. The van der Waals surface area contributed by atoms with E-state index < -0.39 is 0 Å². The molecule has 0 saturated carbocycles. The van der Waals surface area contributed by atoms with Crippen LogP contribution in [0.15, 0.2) is 18.2 Å². The van der Waals surface area contributed by atoms with Crippen molar-refractivity contribution in [3.63, 3.8) is 0 Å². The van der Waals surface area contributed by atoms with E-state index in [0.29, 0.717) is 31.9 Å². The first-order chi connectivity index (χ1) is 13.1. The van der Waals surface area contributed by atoms with Gasteiger partial charge < -0.3 is 20.7 Å². The molecule has 2 aliphatic heterocycles. The highest BCUT2D eigenvalue weighted by Gasteiger charge is 2.18. The molecule has 2 amide bonds. The normalized spacial score (nSPS) is 20.9. The van der Waals surface area contributed by atoms with E-state index in [1.165, 1.54) is 6.42 Å². The van der Waals surface area contributed by atoms with Crippen molar-refractivity contribution < 1.29 is 14.3 Å². The minimum atomic E-state index is -0.0625. The Morgan fingerprint density at radius 1 is 1.19 bits per heavy atom. The molecule has 148 valence electrons. The van der Waals surface area contributed by atoms with Gasteiger partial charge in [0.2, 0.25) is 11.8 Å². The number of ether oxygens (including phenoxy) is 1. The van der Waals surface area contributed by atoms with E-state index in [1.54, 1.807) is 0 Å². The highest BCUT2D eigenvalue weighted by molar-refractivity contribution is 5.95. The fourth-order valence-electron chi connectivity index (χ4n) is 3.53. The van der Waals surface area contributed by atoms with Gasteiger partial charge in [0, 0.05) is 30.4 Å². The Balaban J connectivity index is 1.53. The summed E-state index contributed by atoms with van der Waals surface area (Å²) in [5, 5.41) is 9.18. The predicted octanol–water partition coefficient (Wildman–Crippen LogP) is 1.74. The molecule has 0 radical (unpaired) electrons. The van der Waals surface area contributed by atoms with Crippen LogP contribution in [-0.4, -0.2) is 62.1 Å². The third-order valence-corrected chi connectivity index (χ3v) is 5.04. The summed E-state index contributed by atoms with van der Waals surface area (Å²) in [5.41, 5.74) is 2.41. The maximum Gasteiger partial charge on any atom is 0.238 e. The van der Waals surface area contributed by atoms with Crippen LogP contribution in [-0.2, 0) is 14.3 Å². The van der Waals surface area contributed by atoms with E-state index in [0.717, 1.165) is 43.7 Å². The van der Waals surface area contributed by atoms with Crippen molar-refractivity contribution in [2.45, 2.75) is 38.6 Å². The second-order valence-electron chi connectivity index (χ2n) is 7.39. The van der Waals surface area contributed by atoms with Crippen molar-refractivity contribution in [3.05, 3.63) is 23.8 Å². The summed E-state index contributed by atoms with van der Waals surface area (Å²) in [5.74, 6) is -0.0699. The summed E-state index contributed by atoms with van der Waals surface area (Å²) in [6.45, 7) is 6.36. The van der Waals surface area contributed by atoms with Crippen LogP contribution in [0.5, 0.6) is 0 Å². The van der Waals surface area contributed by atoms with Gasteiger partial charge in [0.05, 0.1) is 19.8 Å². The molecule has 7 heteroatoms. The Hall–Kier alpha value is -1.96. The number of hydrogen-bond acceptors (Lipinski definition) is 5. The number of aryl methyl sites for hydroxylation is 1. The molecule has 1 aromatic carbocycles. The lowest BCUT2D eigenvalue weighted by Crippen LogP contribution is -2.43. The number of anilines is 2. The lowest BCUT2D eigenvalue weighted by Gasteiger charge is -2.25. The first-order valence-corrected chi connectivity index (χ1v) is 9.84. The zero-order valence-electron chi connectivity index (χ0n) is 16.1. The summed E-state index contributed by atoms with van der Waals surface area (Å²) in [7, 11) is 0. The van der Waals surface area contributed by atoms with Crippen LogP contribution in [0.3, 0.4) is 0 Å². The molecule has 3 N–H and O–H groups in total. The maximum absolute atomic E-state index is 12.4. The predicted molar refractivity (Wildman–Crippen MR) is 106 cm³/mol. The number of nitrogens with zero attached hydrogens (tertiary/aromatic N) is 1. The molecule has 27 heavy (non-hydrogen) atoms. The Kier molecular flexibility index (Phi) is 7.20. The minimum Gasteiger partial charge on any atom is -0.378 e. The van der Waals surface area contributed by atoms with Crippen LogP contribution in [0.1, 0.15) is 31.2 Å². The van der Waals surface area contributed by atoms with E-state index in [1.807, 2.05) is 25.1 Å². The third-order valence-electron chi connectivity index (χ3n) is 5.04. The van der Waals surface area contributed by atoms with Gasteiger partial charge in [-0.3, -0.25) is 14.5 Å². The number of nitrogens with one attached hydrogen (secondary N) is 3. The smallest absolute Gasteiger partial charge is 0.238 e. The molecule has 7 nitrogen and oxygen atoms in total. The van der Waals surface area contributed by atoms with E-state index in [2.05, 4.69) is 20.9 Å². The van der Waals surface area contributed by atoms with Gasteiger partial charge in [0.15, 0.2) is 0 Å². The largest absolute Gasteiger partial charge is 0.378 e. The summed E-state index contributed by atoms with van der Waals surface area (Å²) in [6.07, 6.45) is 3.94. The van der Waals surface area contributed by atoms with Gasteiger partial charge in [-0.15, -0.1) is 0 Å². The van der Waals surface area contributed by atoms with Crippen molar-refractivity contribution in [2.24, 2.45) is 0 Å². The van der Waals surface area contributed by atoms with E-state index in [4.69, 9.17) is 4.74 Å². The van der Waals surface area contributed by atoms with Crippen molar-refractivity contribution in [1.82, 2.24) is 10.2 Å². The van der Waals surface area contributed by atoms with Crippen molar-refractivity contribution in [2.75, 3.05) is 50.0 Å². The molecule has 1 unspecified atom stereocenters. The Bertz CT molecular complexity index is 653. The molecule has 1 aromatic rings. The van der Waals surface area contributed by atoms with Gasteiger partial charge >= 0.3 is 0 Å². The lowest BCUT2D eigenvalue weighted by atomic mass is 10.1. The topological polar surface area (TPSA) is 82.7 Å². The number of carbonyl (C=O) groups is 2. The number of rotatable bonds is 6. The first-order valence-electron chi connectivity index (χ1n) is 9.84. The fourth-order valence-corrected chi connectivity index (χ4v) is 3.53. The van der Waals surface area contributed by atoms with Gasteiger partial charge in [-0.25, -0.2) is 0 Å². The molecule has 0 spiro atoms. The first kappa shape index (κ1) is 19.8. The molecular weight excluding hydrogens is 344 g/mol. The molecule has 2 saturated heterocycles. The molecule has 0 aliphatic carbocycles. The molecule has 0 bridgehead atoms. The summed E-state index contributed by atoms with van der Waals surface area (Å²) in [4.78, 5) is 26.8. The van der Waals surface area contributed by atoms with Crippen molar-refractivity contribution in [1.29, 1.82) is 0 Å². The standard InChI is InChI=1S/C20H30N4O3/c1-15-5-6-16(22-19(25)12-17-14-27-10-7-21-17)11-18(15)23-20(26)13-24-8-3-2-4-9-24/h5-6,11,17,21H,2-4,7-10,12-14H2,1H3,(H,22,25)(H,23,26). The number of benzene rings is 1. The average molecular weight is 374 g/mol. The van der Waals surface area contributed by atoms with Crippen LogP contribution < -0.4 is 16.0 Å². The van der Waals surface area contributed by atoms with E-state index >= 15 is 0 Å². The van der Waals surface area contributed by atoms with Gasteiger partial charge in [0.1, 0.15) is 0 Å². The van der Waals surface area contributed by atoms with Crippen LogP contribution in [0.2, 0.25) is 0 Å². The highest BCUT2D eigenvalue weighted by Crippen LogP contribution is 2.21. The SMILES string of the molecule is Cc1ccc(NC(=O)CC2COCCN2)cc1NC(=O)CN1CCCCC1. The summed E-state index contributed by atoms with van der Waals surface area (Å²) >= 11 is 0. The lowest BCUT2D eigenvalue weighted by molar-refractivity contribution is -0.118. The zero-order chi connectivity index (χ0) is 19.1. The number of piperidine rings is 1. The zero-order valence-corrected chi connectivity index (χ0v) is 16.1. The Morgan fingerprint density at radius 3 is 2.74 bits per heavy atom. The molecule has 2 heterocycles. The summed E-state index contributed by atoms with van der Waals surface area (Å²) < 4.78 is 5.38. The van der Waals surface area contributed by atoms with Crippen molar-refractivity contribution >= 4 is 23.2 Å². The third kappa shape index (κ3) is 6.30. The molecular formula is C20H30N4O3. The van der Waals surface area contributed by atoms with Gasteiger partial charge in [-0.1, -0.05) is 12.5 Å².